The lowest BCUT2D eigenvalue weighted by Crippen LogP contribution is -2.38. The summed E-state index contributed by atoms with van der Waals surface area (Å²) in [6, 6.07) is 5.71. The fourth-order valence-electron chi connectivity index (χ4n) is 2.90. The number of aryl methyl sites for hydroxylation is 1. The highest BCUT2D eigenvalue weighted by molar-refractivity contribution is 7.13. The van der Waals surface area contributed by atoms with E-state index in [0.717, 1.165) is 23.0 Å². The molecule has 0 saturated carbocycles. The van der Waals surface area contributed by atoms with Gasteiger partial charge in [0.1, 0.15) is 15.7 Å². The summed E-state index contributed by atoms with van der Waals surface area (Å²) >= 11 is 1.35. The quantitative estimate of drug-likeness (QED) is 0.322. The van der Waals surface area contributed by atoms with Gasteiger partial charge in [0.2, 0.25) is 0 Å². The molecule has 10 heteroatoms. The minimum absolute atomic E-state index is 0.108. The summed E-state index contributed by atoms with van der Waals surface area (Å²) in [7, 11) is 0. The van der Waals surface area contributed by atoms with Crippen LogP contribution in [0.4, 0.5) is 0 Å². The first-order chi connectivity index (χ1) is 14.5. The smallest absolute Gasteiger partial charge is 0.350 e. The SMILES string of the molecule is CCNC(=NCCc1nnc2ccccn12)NC(C)c1nc(C)c(C(=O)OCC)s1. The molecule has 30 heavy (non-hydrogen) atoms. The number of hydrogen-bond acceptors (Lipinski definition) is 7. The number of rotatable bonds is 8. The van der Waals surface area contributed by atoms with Crippen LogP contribution in [0.5, 0.6) is 0 Å². The van der Waals surface area contributed by atoms with Crippen LogP contribution in [0.3, 0.4) is 0 Å². The van der Waals surface area contributed by atoms with Gasteiger partial charge in [-0.05, 0) is 39.8 Å². The van der Waals surface area contributed by atoms with Gasteiger partial charge >= 0.3 is 5.97 Å². The monoisotopic (exact) mass is 429 g/mol. The van der Waals surface area contributed by atoms with Gasteiger partial charge in [-0.2, -0.15) is 0 Å². The topological polar surface area (TPSA) is 106 Å². The van der Waals surface area contributed by atoms with Crippen LogP contribution in [0.2, 0.25) is 0 Å². The number of pyridine rings is 1. The van der Waals surface area contributed by atoms with E-state index in [1.165, 1.54) is 11.3 Å². The molecule has 160 valence electrons. The second-order valence-corrected chi connectivity index (χ2v) is 7.64. The maximum absolute atomic E-state index is 12.1. The molecule has 3 rings (SSSR count). The molecule has 0 bridgehead atoms. The van der Waals surface area contributed by atoms with E-state index in [1.807, 2.05) is 49.6 Å². The highest BCUT2D eigenvalue weighted by Crippen LogP contribution is 2.24. The number of nitrogens with zero attached hydrogens (tertiary/aromatic N) is 5. The maximum atomic E-state index is 12.1. The average molecular weight is 430 g/mol. The lowest BCUT2D eigenvalue weighted by molar-refractivity contribution is 0.0531. The van der Waals surface area contributed by atoms with E-state index in [9.17, 15) is 4.79 Å². The molecule has 0 spiro atoms. The van der Waals surface area contributed by atoms with Crippen molar-refractivity contribution in [2.45, 2.75) is 40.2 Å². The highest BCUT2D eigenvalue weighted by Gasteiger charge is 2.20. The molecule has 0 saturated heterocycles. The molecule has 2 N–H and O–H groups in total. The fraction of sp³-hybridized carbons (Fsp3) is 0.450. The minimum Gasteiger partial charge on any atom is -0.462 e. The van der Waals surface area contributed by atoms with Gasteiger partial charge in [-0.1, -0.05) is 6.07 Å². The van der Waals surface area contributed by atoms with Gasteiger partial charge in [-0.15, -0.1) is 21.5 Å². The Kier molecular flexibility index (Phi) is 7.34. The molecule has 0 fully saturated rings. The number of guanidine groups is 1. The molecule has 1 atom stereocenters. The number of carbonyl (C=O) groups excluding carboxylic acids is 1. The van der Waals surface area contributed by atoms with Crippen LogP contribution in [0.1, 0.15) is 53.0 Å². The molecule has 0 radical (unpaired) electrons. The molecule has 3 aromatic heterocycles. The molecule has 0 aliphatic rings. The second-order valence-electron chi connectivity index (χ2n) is 6.61. The lowest BCUT2D eigenvalue weighted by Gasteiger charge is -2.16. The van der Waals surface area contributed by atoms with Crippen LogP contribution in [-0.4, -0.2) is 51.2 Å². The molecule has 3 aromatic rings. The van der Waals surface area contributed by atoms with Gasteiger partial charge in [0.15, 0.2) is 11.6 Å². The number of ether oxygens (including phenoxy) is 1. The minimum atomic E-state index is -0.327. The van der Waals surface area contributed by atoms with E-state index in [4.69, 9.17) is 4.74 Å². The Labute approximate surface area is 179 Å². The third-order valence-corrected chi connectivity index (χ3v) is 5.65. The number of aliphatic imine (C=N–C) groups is 1. The Hall–Kier alpha value is -3.01. The van der Waals surface area contributed by atoms with Crippen molar-refractivity contribution in [3.05, 3.63) is 45.8 Å². The van der Waals surface area contributed by atoms with Gasteiger partial charge in [0, 0.05) is 25.7 Å². The molecule has 0 aliphatic carbocycles. The lowest BCUT2D eigenvalue weighted by atomic mass is 10.3. The van der Waals surface area contributed by atoms with Crippen LogP contribution in [0.25, 0.3) is 5.65 Å². The highest BCUT2D eigenvalue weighted by atomic mass is 32.1. The van der Waals surface area contributed by atoms with Crippen LogP contribution in [0.15, 0.2) is 29.4 Å². The zero-order chi connectivity index (χ0) is 21.5. The van der Waals surface area contributed by atoms with Crippen molar-refractivity contribution >= 4 is 28.9 Å². The molecular formula is C20H27N7O2S. The van der Waals surface area contributed by atoms with Gasteiger partial charge in [-0.25, -0.2) is 9.78 Å². The summed E-state index contributed by atoms with van der Waals surface area (Å²) in [6.07, 6.45) is 2.62. The number of fused-ring (bicyclic) bond motifs is 1. The van der Waals surface area contributed by atoms with Crippen LogP contribution < -0.4 is 10.6 Å². The molecule has 9 nitrogen and oxygen atoms in total. The Morgan fingerprint density at radius 2 is 2.17 bits per heavy atom. The van der Waals surface area contributed by atoms with E-state index in [0.29, 0.717) is 36.1 Å². The third-order valence-electron chi connectivity index (χ3n) is 4.33. The van der Waals surface area contributed by atoms with Crippen molar-refractivity contribution in [3.8, 4) is 0 Å². The van der Waals surface area contributed by atoms with E-state index >= 15 is 0 Å². The van der Waals surface area contributed by atoms with E-state index in [-0.39, 0.29) is 12.0 Å². The summed E-state index contributed by atoms with van der Waals surface area (Å²) in [5.74, 6) is 1.23. The second kappa shape index (κ2) is 10.1. The number of hydrogen-bond donors (Lipinski definition) is 2. The summed E-state index contributed by atoms with van der Waals surface area (Å²) < 4.78 is 7.07. The Bertz CT molecular complexity index is 1030. The van der Waals surface area contributed by atoms with Crippen molar-refractivity contribution in [2.75, 3.05) is 19.7 Å². The van der Waals surface area contributed by atoms with Crippen molar-refractivity contribution in [3.63, 3.8) is 0 Å². The summed E-state index contributed by atoms with van der Waals surface area (Å²) in [5.41, 5.74) is 1.51. The van der Waals surface area contributed by atoms with Crippen LogP contribution in [0, 0.1) is 6.92 Å². The zero-order valence-corrected chi connectivity index (χ0v) is 18.5. The Balaban J connectivity index is 1.66. The van der Waals surface area contributed by atoms with Crippen molar-refractivity contribution in [1.82, 2.24) is 30.2 Å². The molecule has 0 aliphatic heterocycles. The van der Waals surface area contributed by atoms with Gasteiger partial charge in [0.05, 0.1) is 18.3 Å². The van der Waals surface area contributed by atoms with Crippen LogP contribution in [-0.2, 0) is 11.2 Å². The molecule has 3 heterocycles. The standard InChI is InChI=1S/C20H27N7O2S/c1-5-21-20(22-11-10-16-26-25-15-9-7-8-12-27(15)16)24-14(4)18-23-13(3)17(30-18)19(28)29-6-2/h7-9,12,14H,5-6,10-11H2,1-4H3,(H2,21,22,24). The van der Waals surface area contributed by atoms with E-state index in [2.05, 4.69) is 30.8 Å². The van der Waals surface area contributed by atoms with Gasteiger partial charge in [0.25, 0.3) is 0 Å². The molecular weight excluding hydrogens is 402 g/mol. The number of aromatic nitrogens is 4. The maximum Gasteiger partial charge on any atom is 0.350 e. The first-order valence-electron chi connectivity index (χ1n) is 10.0. The number of nitrogens with one attached hydrogen (secondary N) is 2. The molecule has 0 amide bonds. The van der Waals surface area contributed by atoms with Crippen molar-refractivity contribution < 1.29 is 9.53 Å². The number of thiazole rings is 1. The first kappa shape index (κ1) is 21.7. The van der Waals surface area contributed by atoms with Crippen molar-refractivity contribution in [1.29, 1.82) is 0 Å². The van der Waals surface area contributed by atoms with E-state index < -0.39 is 0 Å². The summed E-state index contributed by atoms with van der Waals surface area (Å²) in [4.78, 5) is 21.8. The van der Waals surface area contributed by atoms with Crippen LogP contribution >= 0.6 is 11.3 Å². The normalized spacial score (nSPS) is 12.7. The third kappa shape index (κ3) is 5.12. The van der Waals surface area contributed by atoms with E-state index in [1.54, 1.807) is 6.92 Å². The summed E-state index contributed by atoms with van der Waals surface area (Å²) in [6.45, 7) is 9.26. The van der Waals surface area contributed by atoms with Gasteiger partial charge in [-0.3, -0.25) is 9.39 Å². The number of esters is 1. The fourth-order valence-corrected chi connectivity index (χ4v) is 3.87. The summed E-state index contributed by atoms with van der Waals surface area (Å²) in [5, 5.41) is 15.8. The Morgan fingerprint density at radius 1 is 1.33 bits per heavy atom. The molecule has 0 aromatic carbocycles. The first-order valence-corrected chi connectivity index (χ1v) is 10.8. The van der Waals surface area contributed by atoms with Gasteiger partial charge < -0.3 is 15.4 Å². The predicted octanol–water partition coefficient (Wildman–Crippen LogP) is 2.53. The Morgan fingerprint density at radius 3 is 2.93 bits per heavy atom. The predicted molar refractivity (Wildman–Crippen MR) is 117 cm³/mol. The largest absolute Gasteiger partial charge is 0.462 e. The number of carbonyl (C=O) groups is 1. The molecule has 1 unspecified atom stereocenters. The van der Waals surface area contributed by atoms with Crippen molar-refractivity contribution in [2.24, 2.45) is 4.99 Å². The average Bonchev–Trinajstić information content (AvgIpc) is 3.32. The zero-order valence-electron chi connectivity index (χ0n) is 17.7.